The molecule has 0 bridgehead atoms. The number of rotatable bonds is 2. The second-order valence-corrected chi connectivity index (χ2v) is 10.2. The van der Waals surface area contributed by atoms with Gasteiger partial charge in [0.15, 0.2) is 10.6 Å². The molecule has 0 amide bonds. The summed E-state index contributed by atoms with van der Waals surface area (Å²) in [5, 5.41) is 17.6. The van der Waals surface area contributed by atoms with Crippen molar-refractivity contribution in [2.75, 3.05) is 0 Å². The first-order chi connectivity index (χ1) is 15.2. The zero-order valence-corrected chi connectivity index (χ0v) is 24.0. The van der Waals surface area contributed by atoms with E-state index in [0.717, 1.165) is 29.3 Å². The predicted molar refractivity (Wildman–Crippen MR) is 151 cm³/mol. The first-order valence-electron chi connectivity index (χ1n) is 8.72. The Morgan fingerprint density at radius 1 is 0.576 bits per heavy atom. The summed E-state index contributed by atoms with van der Waals surface area (Å²) in [7, 11) is -1.41. The van der Waals surface area contributed by atoms with Crippen molar-refractivity contribution in [3.05, 3.63) is 95.9 Å². The van der Waals surface area contributed by atoms with E-state index < -0.39 is 7.12 Å². The standard InChI is InChI=1S/C10H6Br2N2.C6H5BBr2O2.C4H3BrN2.CH4/c11-8-4-7(5-9(12)6-8)10-13-2-1-3-14-10;8-5-1-4(7(10)11)2-6(9)3-5;5-4-6-2-1-3-7-4;/h1-6H;1-3,10-11H;1-3H;1H4. The van der Waals surface area contributed by atoms with Crippen LogP contribution in [0.2, 0.25) is 0 Å². The minimum atomic E-state index is -1.41. The molecule has 0 aliphatic heterocycles. The van der Waals surface area contributed by atoms with Crippen molar-refractivity contribution < 1.29 is 10.0 Å². The van der Waals surface area contributed by atoms with E-state index in [9.17, 15) is 0 Å². The molecule has 0 saturated carbocycles. The number of hydrogen-bond acceptors (Lipinski definition) is 6. The molecule has 0 fully saturated rings. The van der Waals surface area contributed by atoms with Crippen LogP contribution in [-0.2, 0) is 0 Å². The molecule has 0 aliphatic carbocycles. The van der Waals surface area contributed by atoms with Gasteiger partial charge in [0.1, 0.15) is 0 Å². The smallest absolute Gasteiger partial charge is 0.423 e. The van der Waals surface area contributed by atoms with Crippen LogP contribution in [0.1, 0.15) is 7.43 Å². The number of hydrogen-bond donors (Lipinski definition) is 2. The molecule has 0 unspecified atom stereocenters. The van der Waals surface area contributed by atoms with Crippen LogP contribution in [0.5, 0.6) is 0 Å². The predicted octanol–water partition coefficient (Wildman–Crippen LogP) is 6.44. The number of aromatic nitrogens is 4. The van der Waals surface area contributed by atoms with Gasteiger partial charge >= 0.3 is 7.12 Å². The lowest BCUT2D eigenvalue weighted by Gasteiger charge is -2.00. The summed E-state index contributed by atoms with van der Waals surface area (Å²) >= 11 is 16.4. The fraction of sp³-hybridized carbons (Fsp3) is 0.0476. The average Bonchev–Trinajstić information content (AvgIpc) is 2.74. The summed E-state index contributed by atoms with van der Waals surface area (Å²) in [5.41, 5.74) is 1.46. The van der Waals surface area contributed by atoms with Gasteiger partial charge in [-0.3, -0.25) is 0 Å². The van der Waals surface area contributed by atoms with E-state index in [0.29, 0.717) is 10.2 Å². The van der Waals surface area contributed by atoms with Gasteiger partial charge in [0.2, 0.25) is 0 Å². The van der Waals surface area contributed by atoms with Crippen molar-refractivity contribution in [1.82, 2.24) is 19.9 Å². The van der Waals surface area contributed by atoms with Crippen LogP contribution in [0.25, 0.3) is 11.4 Å². The highest BCUT2D eigenvalue weighted by Crippen LogP contribution is 2.25. The molecule has 0 aliphatic rings. The molecule has 2 aromatic carbocycles. The summed E-state index contributed by atoms with van der Waals surface area (Å²) in [6.45, 7) is 0. The van der Waals surface area contributed by atoms with Crippen molar-refractivity contribution >= 4 is 92.2 Å². The second kappa shape index (κ2) is 15.8. The molecule has 2 N–H and O–H groups in total. The quantitative estimate of drug-likeness (QED) is 0.181. The van der Waals surface area contributed by atoms with Crippen molar-refractivity contribution in [2.45, 2.75) is 7.43 Å². The second-order valence-electron chi connectivity index (χ2n) is 5.82. The highest BCUT2D eigenvalue weighted by molar-refractivity contribution is 9.11. The minimum Gasteiger partial charge on any atom is -0.423 e. The summed E-state index contributed by atoms with van der Waals surface area (Å²) in [6.07, 6.45) is 6.82. The Morgan fingerprint density at radius 3 is 1.33 bits per heavy atom. The maximum atomic E-state index is 8.79. The first-order valence-corrected chi connectivity index (χ1v) is 12.7. The third kappa shape index (κ3) is 11.8. The van der Waals surface area contributed by atoms with Crippen LogP contribution < -0.4 is 5.46 Å². The summed E-state index contributed by atoms with van der Waals surface area (Å²) in [6, 6.07) is 14.6. The van der Waals surface area contributed by atoms with Gasteiger partial charge in [-0.15, -0.1) is 0 Å². The third-order valence-electron chi connectivity index (χ3n) is 3.40. The third-order valence-corrected chi connectivity index (χ3v) is 5.64. The lowest BCUT2D eigenvalue weighted by Crippen LogP contribution is -2.29. The van der Waals surface area contributed by atoms with E-state index in [1.807, 2.05) is 24.3 Å². The Balaban J connectivity index is 0.000000257. The highest BCUT2D eigenvalue weighted by atomic mass is 79.9. The Hall–Kier alpha value is -1.02. The topological polar surface area (TPSA) is 92.0 Å². The van der Waals surface area contributed by atoms with E-state index in [1.165, 1.54) is 0 Å². The van der Waals surface area contributed by atoms with Crippen LogP contribution in [0.3, 0.4) is 0 Å². The monoisotopic (exact) mass is 764 g/mol. The molecule has 0 spiro atoms. The molecular weight excluding hydrogens is 751 g/mol. The molecular formula is C21H18BBr5N4O2. The summed E-state index contributed by atoms with van der Waals surface area (Å²) in [5.74, 6) is 0.731. The SMILES string of the molecule is Brc1cc(Br)cc(-c2ncccn2)c1.Brc1ncccn1.C.OB(O)c1cc(Br)cc(Br)c1. The zero-order valence-electron chi connectivity index (χ0n) is 16.1. The van der Waals surface area contributed by atoms with Gasteiger partial charge in [-0.05, 0) is 69.9 Å². The van der Waals surface area contributed by atoms with E-state index in [1.54, 1.807) is 49.1 Å². The van der Waals surface area contributed by atoms with E-state index >= 15 is 0 Å². The molecule has 0 atom stereocenters. The van der Waals surface area contributed by atoms with Crippen molar-refractivity contribution in [1.29, 1.82) is 0 Å². The fourth-order valence-corrected chi connectivity index (χ4v) is 5.00. The van der Waals surface area contributed by atoms with Gasteiger partial charge in [0, 0.05) is 48.2 Å². The minimum absolute atomic E-state index is 0. The summed E-state index contributed by atoms with van der Waals surface area (Å²) in [4.78, 5) is 15.9. The molecule has 4 aromatic rings. The molecule has 6 nitrogen and oxygen atoms in total. The normalized spacial score (nSPS) is 9.42. The van der Waals surface area contributed by atoms with Crippen LogP contribution in [0, 0.1) is 0 Å². The Bertz CT molecular complexity index is 1090. The van der Waals surface area contributed by atoms with Crippen LogP contribution in [0.4, 0.5) is 0 Å². The fourth-order valence-electron chi connectivity index (χ4n) is 2.14. The Kier molecular flexibility index (Phi) is 14.4. The van der Waals surface area contributed by atoms with Crippen molar-refractivity contribution in [3.63, 3.8) is 0 Å². The maximum Gasteiger partial charge on any atom is 0.488 e. The van der Waals surface area contributed by atoms with Crippen molar-refractivity contribution in [3.8, 4) is 11.4 Å². The van der Waals surface area contributed by atoms with Gasteiger partial charge in [-0.1, -0.05) is 71.1 Å². The van der Waals surface area contributed by atoms with Gasteiger partial charge in [-0.2, -0.15) is 0 Å². The highest BCUT2D eigenvalue weighted by Gasteiger charge is 2.11. The Morgan fingerprint density at radius 2 is 0.970 bits per heavy atom. The van der Waals surface area contributed by atoms with Crippen LogP contribution >= 0.6 is 79.6 Å². The van der Waals surface area contributed by atoms with E-state index in [4.69, 9.17) is 10.0 Å². The number of benzene rings is 2. The van der Waals surface area contributed by atoms with Gasteiger partial charge in [-0.25, -0.2) is 19.9 Å². The zero-order chi connectivity index (χ0) is 23.5. The van der Waals surface area contributed by atoms with Gasteiger partial charge in [0.25, 0.3) is 0 Å². The molecule has 12 heteroatoms. The lowest BCUT2D eigenvalue weighted by atomic mass is 9.81. The first kappa shape index (κ1) is 30.0. The molecule has 33 heavy (non-hydrogen) atoms. The van der Waals surface area contributed by atoms with E-state index in [2.05, 4.69) is 99.6 Å². The Labute approximate surface area is 235 Å². The van der Waals surface area contributed by atoms with E-state index in [-0.39, 0.29) is 7.43 Å². The molecule has 2 aromatic heterocycles. The summed E-state index contributed by atoms with van der Waals surface area (Å²) < 4.78 is 4.28. The largest absolute Gasteiger partial charge is 0.488 e. The lowest BCUT2D eigenvalue weighted by molar-refractivity contribution is 0.425. The van der Waals surface area contributed by atoms with Crippen molar-refractivity contribution in [2.24, 2.45) is 0 Å². The number of halogens is 5. The number of nitrogens with zero attached hydrogens (tertiary/aromatic N) is 4. The molecule has 172 valence electrons. The van der Waals surface area contributed by atoms with Crippen LogP contribution in [-0.4, -0.2) is 37.1 Å². The molecule has 4 rings (SSSR count). The average molecular weight is 769 g/mol. The molecule has 0 radical (unpaired) electrons. The van der Waals surface area contributed by atoms with Crippen LogP contribution in [0.15, 0.2) is 95.9 Å². The van der Waals surface area contributed by atoms with Gasteiger partial charge < -0.3 is 10.0 Å². The molecule has 0 saturated heterocycles. The molecule has 2 heterocycles. The maximum absolute atomic E-state index is 8.79. The van der Waals surface area contributed by atoms with Gasteiger partial charge in [0.05, 0.1) is 0 Å².